The van der Waals surface area contributed by atoms with Gasteiger partial charge in [0.1, 0.15) is 11.5 Å². The number of nitrogens with one attached hydrogen (secondary N) is 1. The number of hydrogen-bond donors (Lipinski definition) is 1. The molecule has 1 aliphatic rings. The third-order valence-corrected chi connectivity index (χ3v) is 7.14. The van der Waals surface area contributed by atoms with Crippen molar-refractivity contribution in [2.75, 3.05) is 26.7 Å². The number of piperidine rings is 1. The van der Waals surface area contributed by atoms with Gasteiger partial charge in [-0.2, -0.15) is 0 Å². The molecule has 7 heteroatoms. The third kappa shape index (κ3) is 5.55. The van der Waals surface area contributed by atoms with Crippen LogP contribution in [0.25, 0.3) is 11.3 Å². The Morgan fingerprint density at radius 1 is 1.10 bits per heavy atom. The van der Waals surface area contributed by atoms with Crippen LogP contribution in [-0.4, -0.2) is 40.1 Å². The van der Waals surface area contributed by atoms with Gasteiger partial charge in [-0.1, -0.05) is 24.3 Å². The average Bonchev–Trinajstić information content (AvgIpc) is 3.34. The van der Waals surface area contributed by atoms with E-state index < -0.39 is 10.0 Å². The summed E-state index contributed by atoms with van der Waals surface area (Å²) in [5.41, 5.74) is 2.31. The molecule has 6 nitrogen and oxygen atoms in total. The van der Waals surface area contributed by atoms with Crippen LogP contribution in [0.1, 0.15) is 18.4 Å². The van der Waals surface area contributed by atoms with Gasteiger partial charge >= 0.3 is 0 Å². The van der Waals surface area contributed by atoms with Crippen molar-refractivity contribution in [2.24, 2.45) is 5.92 Å². The standard InChI is InChI=1S/C24H28N2O4S/c1-29-22-10-12-23(13-11-22)31(27,28)25-16-20-4-2-14-26(18-20)17-19-6-8-21(9-7-19)24-5-3-15-30-24/h3,5-13,15,20,25H,2,4,14,16-18H2,1H3/t20-/m0/s1. The highest BCUT2D eigenvalue weighted by Gasteiger charge is 2.22. The smallest absolute Gasteiger partial charge is 0.240 e. The van der Waals surface area contributed by atoms with Gasteiger partial charge < -0.3 is 9.15 Å². The number of ether oxygens (including phenoxy) is 1. The zero-order valence-electron chi connectivity index (χ0n) is 17.7. The maximum absolute atomic E-state index is 12.6. The molecule has 2 aromatic carbocycles. The zero-order valence-corrected chi connectivity index (χ0v) is 18.5. The zero-order chi connectivity index (χ0) is 21.7. The van der Waals surface area contributed by atoms with Gasteiger partial charge in [0.2, 0.25) is 10.0 Å². The topological polar surface area (TPSA) is 71.8 Å². The van der Waals surface area contributed by atoms with Gasteiger partial charge in [-0.15, -0.1) is 0 Å². The highest BCUT2D eigenvalue weighted by atomic mass is 32.2. The van der Waals surface area contributed by atoms with Crippen LogP contribution in [-0.2, 0) is 16.6 Å². The predicted molar refractivity (Wildman–Crippen MR) is 120 cm³/mol. The van der Waals surface area contributed by atoms with Crippen LogP contribution in [0.3, 0.4) is 0 Å². The van der Waals surface area contributed by atoms with Crippen LogP contribution in [0.4, 0.5) is 0 Å². The van der Waals surface area contributed by atoms with Crippen molar-refractivity contribution < 1.29 is 17.6 Å². The van der Waals surface area contributed by atoms with E-state index in [2.05, 4.69) is 33.9 Å². The molecule has 31 heavy (non-hydrogen) atoms. The Morgan fingerprint density at radius 2 is 1.87 bits per heavy atom. The van der Waals surface area contributed by atoms with E-state index in [0.29, 0.717) is 18.2 Å². The molecule has 1 atom stereocenters. The van der Waals surface area contributed by atoms with E-state index in [0.717, 1.165) is 43.8 Å². The fourth-order valence-electron chi connectivity index (χ4n) is 4.00. The number of rotatable bonds is 8. The molecular formula is C24H28N2O4S. The molecule has 0 unspecified atom stereocenters. The van der Waals surface area contributed by atoms with Crippen molar-refractivity contribution in [3.8, 4) is 17.1 Å². The van der Waals surface area contributed by atoms with Gasteiger partial charge in [0, 0.05) is 25.2 Å². The van der Waals surface area contributed by atoms with Crippen LogP contribution in [0.15, 0.2) is 76.2 Å². The maximum Gasteiger partial charge on any atom is 0.240 e. The normalized spacial score (nSPS) is 17.5. The largest absolute Gasteiger partial charge is 0.497 e. The van der Waals surface area contributed by atoms with Gasteiger partial charge in [0.05, 0.1) is 18.3 Å². The number of likely N-dealkylation sites (tertiary alicyclic amines) is 1. The first-order valence-corrected chi connectivity index (χ1v) is 12.0. The lowest BCUT2D eigenvalue weighted by Crippen LogP contribution is -2.40. The van der Waals surface area contributed by atoms with Gasteiger partial charge in [0.15, 0.2) is 0 Å². The summed E-state index contributed by atoms with van der Waals surface area (Å²) in [4.78, 5) is 2.66. The minimum Gasteiger partial charge on any atom is -0.497 e. The minimum atomic E-state index is -3.52. The van der Waals surface area contributed by atoms with Crippen LogP contribution in [0.2, 0.25) is 0 Å². The van der Waals surface area contributed by atoms with Crippen molar-refractivity contribution in [3.63, 3.8) is 0 Å². The fourth-order valence-corrected chi connectivity index (χ4v) is 5.12. The summed E-state index contributed by atoms with van der Waals surface area (Å²) in [6.45, 7) is 3.22. The second kappa shape index (κ2) is 9.68. The second-order valence-electron chi connectivity index (χ2n) is 7.95. The molecule has 4 rings (SSSR count). The van der Waals surface area contributed by atoms with Crippen LogP contribution >= 0.6 is 0 Å². The summed E-state index contributed by atoms with van der Waals surface area (Å²) in [5.74, 6) is 1.80. The van der Waals surface area contributed by atoms with Gasteiger partial charge in [-0.3, -0.25) is 4.90 Å². The Morgan fingerprint density at radius 3 is 2.55 bits per heavy atom. The first kappa shape index (κ1) is 21.6. The summed E-state index contributed by atoms with van der Waals surface area (Å²) in [6, 6.07) is 18.7. The molecular weight excluding hydrogens is 412 g/mol. The van der Waals surface area contributed by atoms with Crippen molar-refractivity contribution >= 4 is 10.0 Å². The highest BCUT2D eigenvalue weighted by molar-refractivity contribution is 7.89. The molecule has 0 saturated carbocycles. The molecule has 0 spiro atoms. The lowest BCUT2D eigenvalue weighted by atomic mass is 9.98. The molecule has 1 fully saturated rings. The van der Waals surface area contributed by atoms with E-state index in [1.165, 1.54) is 5.56 Å². The Labute approximate surface area is 183 Å². The lowest BCUT2D eigenvalue weighted by molar-refractivity contribution is 0.169. The molecule has 0 amide bonds. The molecule has 1 saturated heterocycles. The SMILES string of the molecule is COc1ccc(S(=O)(=O)NC[C@@H]2CCCN(Cc3ccc(-c4ccco4)cc3)C2)cc1. The molecule has 0 bridgehead atoms. The van der Waals surface area contributed by atoms with E-state index in [9.17, 15) is 8.42 Å². The maximum atomic E-state index is 12.6. The van der Waals surface area contributed by atoms with Gasteiger partial charge in [-0.05, 0) is 67.3 Å². The predicted octanol–water partition coefficient (Wildman–Crippen LogP) is 4.15. The summed E-state index contributed by atoms with van der Waals surface area (Å²) in [6.07, 6.45) is 3.78. The van der Waals surface area contributed by atoms with Crippen molar-refractivity contribution in [3.05, 3.63) is 72.5 Å². The summed E-state index contributed by atoms with van der Waals surface area (Å²) in [5, 5.41) is 0. The molecule has 3 aromatic rings. The monoisotopic (exact) mass is 440 g/mol. The van der Waals surface area contributed by atoms with Crippen LogP contribution < -0.4 is 9.46 Å². The highest BCUT2D eigenvalue weighted by Crippen LogP contribution is 2.23. The second-order valence-corrected chi connectivity index (χ2v) is 9.71. The molecule has 2 heterocycles. The molecule has 0 radical (unpaired) electrons. The number of furan rings is 1. The van der Waals surface area contributed by atoms with Crippen molar-refractivity contribution in [1.29, 1.82) is 0 Å². The number of sulfonamides is 1. The van der Waals surface area contributed by atoms with E-state index in [1.807, 2.05) is 12.1 Å². The number of nitrogens with zero attached hydrogens (tertiary/aromatic N) is 1. The van der Waals surface area contributed by atoms with Crippen molar-refractivity contribution in [1.82, 2.24) is 9.62 Å². The lowest BCUT2D eigenvalue weighted by Gasteiger charge is -2.32. The number of benzene rings is 2. The van der Waals surface area contributed by atoms with Crippen molar-refractivity contribution in [2.45, 2.75) is 24.3 Å². The molecule has 1 aromatic heterocycles. The fraction of sp³-hybridized carbons (Fsp3) is 0.333. The van der Waals surface area contributed by atoms with E-state index in [4.69, 9.17) is 9.15 Å². The Balaban J connectivity index is 1.31. The Kier molecular flexibility index (Phi) is 6.75. The summed E-state index contributed by atoms with van der Waals surface area (Å²) < 4.78 is 38.5. The Hall–Kier alpha value is -2.61. The quantitative estimate of drug-likeness (QED) is 0.570. The van der Waals surface area contributed by atoms with Crippen LogP contribution in [0.5, 0.6) is 5.75 Å². The van der Waals surface area contributed by atoms with Crippen LogP contribution in [0, 0.1) is 5.92 Å². The average molecular weight is 441 g/mol. The molecule has 0 aliphatic carbocycles. The molecule has 1 aliphatic heterocycles. The minimum absolute atomic E-state index is 0.262. The molecule has 164 valence electrons. The molecule has 1 N–H and O–H groups in total. The first-order valence-electron chi connectivity index (χ1n) is 10.5. The van der Waals surface area contributed by atoms with E-state index >= 15 is 0 Å². The van der Waals surface area contributed by atoms with E-state index in [-0.39, 0.29) is 4.90 Å². The summed E-state index contributed by atoms with van der Waals surface area (Å²) in [7, 11) is -1.96. The van der Waals surface area contributed by atoms with E-state index in [1.54, 1.807) is 37.6 Å². The first-order chi connectivity index (χ1) is 15.0. The number of hydrogen-bond acceptors (Lipinski definition) is 5. The van der Waals surface area contributed by atoms with Gasteiger partial charge in [-0.25, -0.2) is 13.1 Å². The summed E-state index contributed by atoms with van der Waals surface area (Å²) >= 11 is 0. The Bertz CT molecular complexity index is 1060. The number of methoxy groups -OCH3 is 1. The third-order valence-electron chi connectivity index (χ3n) is 5.70. The van der Waals surface area contributed by atoms with Gasteiger partial charge in [0.25, 0.3) is 0 Å².